The Kier molecular flexibility index (Phi) is 6.93. The molecule has 1 aromatic carbocycles. The maximum absolute atomic E-state index is 12.1. The van der Waals surface area contributed by atoms with E-state index in [9.17, 15) is 9.59 Å². The highest BCUT2D eigenvalue weighted by Gasteiger charge is 2.10. The lowest BCUT2D eigenvalue weighted by atomic mass is 10.3. The van der Waals surface area contributed by atoms with Crippen LogP contribution in [0.1, 0.15) is 12.5 Å². The van der Waals surface area contributed by atoms with Crippen LogP contribution in [0.3, 0.4) is 0 Å². The van der Waals surface area contributed by atoms with Crippen molar-refractivity contribution in [2.45, 2.75) is 11.3 Å². The van der Waals surface area contributed by atoms with E-state index in [2.05, 4.69) is 20.6 Å². The van der Waals surface area contributed by atoms with E-state index in [-0.39, 0.29) is 17.6 Å². The van der Waals surface area contributed by atoms with Crippen molar-refractivity contribution in [3.05, 3.63) is 54.4 Å². The van der Waals surface area contributed by atoms with Crippen molar-refractivity contribution < 1.29 is 14.3 Å². The number of amides is 1. The topological polar surface area (TPSA) is 99.0 Å². The van der Waals surface area contributed by atoms with E-state index in [1.807, 2.05) is 36.5 Å². The Morgan fingerprint density at radius 1 is 1.29 bits per heavy atom. The number of carbonyl (C=O) groups is 2. The van der Waals surface area contributed by atoms with Gasteiger partial charge in [0.2, 0.25) is 11.0 Å². The number of benzene rings is 1. The van der Waals surface area contributed by atoms with Crippen LogP contribution in [0.15, 0.2) is 53.1 Å². The Labute approximate surface area is 169 Å². The molecule has 0 aliphatic heterocycles. The van der Waals surface area contributed by atoms with Crippen molar-refractivity contribution in [3.63, 3.8) is 0 Å². The largest absolute Gasteiger partial charge is 0.465 e. The van der Waals surface area contributed by atoms with Crippen LogP contribution in [0.25, 0.3) is 11.8 Å². The third kappa shape index (κ3) is 5.76. The zero-order valence-corrected chi connectivity index (χ0v) is 16.6. The molecule has 3 rings (SSSR count). The van der Waals surface area contributed by atoms with Gasteiger partial charge in [0.15, 0.2) is 4.34 Å². The van der Waals surface area contributed by atoms with Gasteiger partial charge in [-0.15, -0.1) is 10.2 Å². The summed E-state index contributed by atoms with van der Waals surface area (Å²) in [6, 6.07) is 9.69. The molecule has 1 amide bonds. The number of esters is 1. The molecule has 0 aliphatic carbocycles. The number of carbonyl (C=O) groups excluding carboxylic acids is 2. The predicted molar refractivity (Wildman–Crippen MR) is 108 cm³/mol. The molecule has 0 bridgehead atoms. The minimum absolute atomic E-state index is 0.154. The van der Waals surface area contributed by atoms with Crippen LogP contribution in [0.2, 0.25) is 0 Å². The maximum Gasteiger partial charge on any atom is 0.316 e. The minimum Gasteiger partial charge on any atom is -0.465 e. The van der Waals surface area contributed by atoms with Crippen LogP contribution in [0.5, 0.6) is 0 Å². The highest BCUT2D eigenvalue weighted by molar-refractivity contribution is 8.01. The minimum atomic E-state index is -0.328. The van der Waals surface area contributed by atoms with Crippen LogP contribution >= 0.6 is 23.1 Å². The van der Waals surface area contributed by atoms with Crippen LogP contribution in [-0.2, 0) is 14.3 Å². The van der Waals surface area contributed by atoms with E-state index in [1.165, 1.54) is 29.2 Å². The lowest BCUT2D eigenvalue weighted by Gasteiger charge is -1.98. The van der Waals surface area contributed by atoms with Crippen molar-refractivity contribution in [1.82, 2.24) is 20.0 Å². The fourth-order valence-corrected chi connectivity index (χ4v) is 3.66. The van der Waals surface area contributed by atoms with Crippen LogP contribution in [0, 0.1) is 0 Å². The first kappa shape index (κ1) is 19.8. The van der Waals surface area contributed by atoms with E-state index >= 15 is 0 Å². The summed E-state index contributed by atoms with van der Waals surface area (Å²) in [5.74, 6) is -0.486. The third-order valence-electron chi connectivity index (χ3n) is 3.31. The number of hydrogen-bond acceptors (Lipinski definition) is 8. The number of nitrogens with one attached hydrogen (secondary N) is 1. The summed E-state index contributed by atoms with van der Waals surface area (Å²) in [6.07, 6.45) is 6.57. The van der Waals surface area contributed by atoms with Crippen molar-refractivity contribution in [2.24, 2.45) is 0 Å². The molecule has 3 aromatic rings. The summed E-state index contributed by atoms with van der Waals surface area (Å²) in [5, 5.41) is 15.1. The molecule has 10 heteroatoms. The molecule has 2 heterocycles. The number of rotatable bonds is 8. The fourth-order valence-electron chi connectivity index (χ4n) is 2.11. The van der Waals surface area contributed by atoms with Crippen molar-refractivity contribution >= 4 is 46.2 Å². The Bertz CT molecular complexity index is 969. The van der Waals surface area contributed by atoms with E-state index < -0.39 is 0 Å². The Morgan fingerprint density at radius 3 is 2.89 bits per heavy atom. The molecule has 0 spiro atoms. The fraction of sp³-hybridized carbons (Fsp3) is 0.167. The van der Waals surface area contributed by atoms with E-state index in [1.54, 1.807) is 23.9 Å². The van der Waals surface area contributed by atoms with Crippen molar-refractivity contribution in [1.29, 1.82) is 0 Å². The zero-order chi connectivity index (χ0) is 19.8. The first-order chi connectivity index (χ1) is 13.6. The molecule has 0 saturated carbocycles. The van der Waals surface area contributed by atoms with E-state index in [4.69, 9.17) is 4.74 Å². The highest BCUT2D eigenvalue weighted by Crippen LogP contribution is 2.25. The first-order valence-corrected chi connectivity index (χ1v) is 10.2. The smallest absolute Gasteiger partial charge is 0.316 e. The molecular formula is C18H17N5O3S2. The second-order valence-electron chi connectivity index (χ2n) is 5.34. The molecule has 0 unspecified atom stereocenters. The van der Waals surface area contributed by atoms with Gasteiger partial charge >= 0.3 is 5.97 Å². The van der Waals surface area contributed by atoms with Crippen molar-refractivity contribution in [3.8, 4) is 5.69 Å². The van der Waals surface area contributed by atoms with Crippen molar-refractivity contribution in [2.75, 3.05) is 17.7 Å². The summed E-state index contributed by atoms with van der Waals surface area (Å²) in [5.41, 5.74) is 1.73. The zero-order valence-electron chi connectivity index (χ0n) is 14.9. The molecule has 0 aliphatic rings. The Balaban J connectivity index is 1.52. The Morgan fingerprint density at radius 2 is 2.11 bits per heavy atom. The number of thioether (sulfide) groups is 1. The van der Waals surface area contributed by atoms with Gasteiger partial charge in [0.25, 0.3) is 0 Å². The number of hydrogen-bond donors (Lipinski definition) is 1. The average molecular weight is 416 g/mol. The standard InChI is InChI=1S/C18H17N5O3S2/c1-2-26-16(25)12-27-18-22-21-17(28-18)20-15(24)9-8-13-10-19-23(11-13)14-6-4-3-5-7-14/h3-11H,2,12H2,1H3,(H,20,21,24)/b9-8+. The lowest BCUT2D eigenvalue weighted by Crippen LogP contribution is -2.07. The van der Waals surface area contributed by atoms with Gasteiger partial charge in [0, 0.05) is 17.8 Å². The van der Waals surface area contributed by atoms with Crippen LogP contribution in [0.4, 0.5) is 5.13 Å². The van der Waals surface area contributed by atoms with Crippen LogP contribution < -0.4 is 5.32 Å². The van der Waals surface area contributed by atoms with Crippen LogP contribution in [-0.4, -0.2) is 44.2 Å². The maximum atomic E-state index is 12.1. The molecule has 28 heavy (non-hydrogen) atoms. The van der Waals surface area contributed by atoms with Gasteiger partial charge in [-0.05, 0) is 25.1 Å². The second-order valence-corrected chi connectivity index (χ2v) is 7.54. The Hall–Kier alpha value is -2.98. The number of anilines is 1. The van der Waals surface area contributed by atoms with E-state index in [0.717, 1.165) is 11.3 Å². The second kappa shape index (κ2) is 9.81. The average Bonchev–Trinajstić information content (AvgIpc) is 3.35. The van der Waals surface area contributed by atoms with Gasteiger partial charge < -0.3 is 4.74 Å². The molecular weight excluding hydrogens is 398 g/mol. The number of nitrogens with zero attached hydrogens (tertiary/aromatic N) is 4. The lowest BCUT2D eigenvalue weighted by molar-refractivity contribution is -0.139. The highest BCUT2D eigenvalue weighted by atomic mass is 32.2. The van der Waals surface area contributed by atoms with Gasteiger partial charge in [0.05, 0.1) is 24.2 Å². The molecule has 0 radical (unpaired) electrons. The molecule has 0 fully saturated rings. The normalized spacial score (nSPS) is 10.9. The summed E-state index contributed by atoms with van der Waals surface area (Å²) in [4.78, 5) is 23.4. The SMILES string of the molecule is CCOC(=O)CSc1nnc(NC(=O)/C=C/c2cnn(-c3ccccc3)c2)s1. The summed E-state index contributed by atoms with van der Waals surface area (Å²) in [7, 11) is 0. The molecule has 8 nitrogen and oxygen atoms in total. The quantitative estimate of drug-likeness (QED) is 0.261. The van der Waals surface area contributed by atoms with Gasteiger partial charge in [0.1, 0.15) is 0 Å². The molecule has 0 atom stereocenters. The van der Waals surface area contributed by atoms with E-state index in [0.29, 0.717) is 16.1 Å². The monoisotopic (exact) mass is 415 g/mol. The first-order valence-electron chi connectivity index (χ1n) is 8.35. The molecule has 0 saturated heterocycles. The number of para-hydroxylation sites is 1. The van der Waals surface area contributed by atoms with Gasteiger partial charge in [-0.1, -0.05) is 41.3 Å². The molecule has 2 aromatic heterocycles. The summed E-state index contributed by atoms with van der Waals surface area (Å²) in [6.45, 7) is 2.09. The number of ether oxygens (including phenoxy) is 1. The molecule has 1 N–H and O–H groups in total. The number of aromatic nitrogens is 4. The van der Waals surface area contributed by atoms with Gasteiger partial charge in [-0.3, -0.25) is 14.9 Å². The van der Waals surface area contributed by atoms with Gasteiger partial charge in [-0.25, -0.2) is 4.68 Å². The summed E-state index contributed by atoms with van der Waals surface area (Å²) < 4.78 is 7.16. The van der Waals surface area contributed by atoms with Gasteiger partial charge in [-0.2, -0.15) is 5.10 Å². The third-order valence-corrected chi connectivity index (χ3v) is 5.25. The predicted octanol–water partition coefficient (Wildman–Crippen LogP) is 3.03. The molecule has 144 valence electrons. The summed E-state index contributed by atoms with van der Waals surface area (Å²) >= 11 is 2.41.